The summed E-state index contributed by atoms with van der Waals surface area (Å²) in [5, 5.41) is 0. The molecule has 0 atom stereocenters. The minimum atomic E-state index is -3.18. The molecule has 1 heterocycles. The molecule has 1 N–H and O–H groups in total. The Kier molecular flexibility index (Phi) is 7.09. The van der Waals surface area contributed by atoms with Gasteiger partial charge in [-0.2, -0.15) is 0 Å². The van der Waals surface area contributed by atoms with Crippen LogP contribution in [0.15, 0.2) is 58.3 Å². The number of hydrogen-bond acceptors (Lipinski definition) is 5. The largest absolute Gasteiger partial charge is 0.493 e. The number of allylic oxidation sites excluding steroid dienone is 2. The van der Waals surface area contributed by atoms with Crippen molar-refractivity contribution in [1.82, 2.24) is 9.55 Å². The quantitative estimate of drug-likeness (QED) is 0.562. The van der Waals surface area contributed by atoms with Crippen molar-refractivity contribution >= 4 is 9.84 Å². The Hall–Kier alpha value is -2.61. The van der Waals surface area contributed by atoms with Crippen LogP contribution in [0.1, 0.15) is 24.8 Å². The van der Waals surface area contributed by atoms with Crippen molar-refractivity contribution in [3.8, 4) is 5.75 Å². The normalized spacial score (nSPS) is 14.3. The molecule has 1 aromatic carbocycles. The van der Waals surface area contributed by atoms with Crippen LogP contribution in [0.3, 0.4) is 0 Å². The summed E-state index contributed by atoms with van der Waals surface area (Å²) < 4.78 is 31.6. The van der Waals surface area contributed by atoms with E-state index in [1.54, 1.807) is 12.2 Å². The number of hydrogen-bond donors (Lipinski definition) is 1. The lowest BCUT2D eigenvalue weighted by molar-refractivity contribution is 0.299. The van der Waals surface area contributed by atoms with E-state index < -0.39 is 21.1 Å². The maximum atomic E-state index is 12.3. The van der Waals surface area contributed by atoms with Gasteiger partial charge in [0.15, 0.2) is 9.84 Å². The summed E-state index contributed by atoms with van der Waals surface area (Å²) in [6.45, 7) is 1.02. The first-order valence-electron chi connectivity index (χ1n) is 9.78. The number of aromatic amines is 1. The highest BCUT2D eigenvalue weighted by atomic mass is 32.2. The lowest BCUT2D eigenvalue weighted by atomic mass is 10.2. The van der Waals surface area contributed by atoms with Crippen LogP contribution >= 0.6 is 0 Å². The Labute approximate surface area is 170 Å². The van der Waals surface area contributed by atoms with Crippen molar-refractivity contribution in [2.24, 2.45) is 5.92 Å². The van der Waals surface area contributed by atoms with Gasteiger partial charge in [-0.3, -0.25) is 14.3 Å². The standard InChI is InChI=1S/C21H26N2O5S/c24-20-9-12-23(21(25)22-20)11-2-1-3-13-29(26,27)14-10-17-5-4-6-19(15-17)28-16-18-7-8-18/h1-2,4-6,9,12,15,18H,3,7-8,10-11,13-14,16H2,(H,22,24,25)/b2-1+. The second-order valence-electron chi connectivity index (χ2n) is 7.33. The zero-order valence-electron chi connectivity index (χ0n) is 16.2. The lowest BCUT2D eigenvalue weighted by Crippen LogP contribution is -2.28. The first-order valence-corrected chi connectivity index (χ1v) is 11.6. The number of benzene rings is 1. The lowest BCUT2D eigenvalue weighted by Gasteiger charge is -2.08. The van der Waals surface area contributed by atoms with Gasteiger partial charge in [-0.15, -0.1) is 0 Å². The monoisotopic (exact) mass is 418 g/mol. The van der Waals surface area contributed by atoms with Crippen LogP contribution in [-0.2, 0) is 22.8 Å². The summed E-state index contributed by atoms with van der Waals surface area (Å²) in [4.78, 5) is 24.7. The van der Waals surface area contributed by atoms with Crippen LogP contribution in [0.5, 0.6) is 5.75 Å². The Morgan fingerprint density at radius 3 is 2.72 bits per heavy atom. The highest BCUT2D eigenvalue weighted by molar-refractivity contribution is 7.91. The fraction of sp³-hybridized carbons (Fsp3) is 0.429. The average Bonchev–Trinajstić information content (AvgIpc) is 3.51. The number of H-pyrrole nitrogens is 1. The van der Waals surface area contributed by atoms with Crippen molar-refractivity contribution in [3.05, 3.63) is 75.1 Å². The van der Waals surface area contributed by atoms with Gasteiger partial charge in [0.1, 0.15) is 5.75 Å². The van der Waals surface area contributed by atoms with E-state index in [0.717, 1.165) is 17.9 Å². The molecule has 0 amide bonds. The molecule has 1 aromatic heterocycles. The third-order valence-corrected chi connectivity index (χ3v) is 6.43. The van der Waals surface area contributed by atoms with Crippen molar-refractivity contribution in [2.45, 2.75) is 32.2 Å². The molecule has 0 spiro atoms. The summed E-state index contributed by atoms with van der Waals surface area (Å²) >= 11 is 0. The predicted molar refractivity (Wildman–Crippen MR) is 112 cm³/mol. The van der Waals surface area contributed by atoms with Gasteiger partial charge >= 0.3 is 5.69 Å². The topological polar surface area (TPSA) is 98.2 Å². The summed E-state index contributed by atoms with van der Waals surface area (Å²) in [6.07, 6.45) is 8.16. The first-order chi connectivity index (χ1) is 13.9. The molecule has 1 aliphatic rings. The first kappa shape index (κ1) is 21.1. The Morgan fingerprint density at radius 1 is 1.14 bits per heavy atom. The molecule has 0 saturated heterocycles. The van der Waals surface area contributed by atoms with Gasteiger partial charge < -0.3 is 4.74 Å². The number of aryl methyl sites for hydroxylation is 1. The van der Waals surface area contributed by atoms with Gasteiger partial charge in [-0.25, -0.2) is 13.2 Å². The SMILES string of the molecule is O=c1ccn(C/C=C/CCS(=O)(=O)CCc2cccc(OCC3CC3)c2)c(=O)[nH]1. The summed E-state index contributed by atoms with van der Waals surface area (Å²) in [6, 6.07) is 8.90. The van der Waals surface area contributed by atoms with Crippen LogP contribution in [0.2, 0.25) is 0 Å². The average molecular weight is 419 g/mol. The molecule has 0 radical (unpaired) electrons. The van der Waals surface area contributed by atoms with Crippen LogP contribution in [0, 0.1) is 5.92 Å². The summed E-state index contributed by atoms with van der Waals surface area (Å²) in [5.74, 6) is 1.62. The molecule has 7 nitrogen and oxygen atoms in total. The van der Waals surface area contributed by atoms with Gasteiger partial charge in [0.25, 0.3) is 5.56 Å². The van der Waals surface area contributed by atoms with Gasteiger partial charge in [0.2, 0.25) is 0 Å². The Morgan fingerprint density at radius 2 is 1.97 bits per heavy atom. The van der Waals surface area contributed by atoms with E-state index in [-0.39, 0.29) is 18.1 Å². The van der Waals surface area contributed by atoms with E-state index in [9.17, 15) is 18.0 Å². The van der Waals surface area contributed by atoms with Crippen LogP contribution in [-0.4, -0.2) is 36.1 Å². The molecule has 2 aromatic rings. The number of ether oxygens (including phenoxy) is 1. The van der Waals surface area contributed by atoms with Crippen molar-refractivity contribution < 1.29 is 13.2 Å². The second-order valence-corrected chi connectivity index (χ2v) is 9.63. The molecule has 1 saturated carbocycles. The zero-order valence-corrected chi connectivity index (χ0v) is 17.1. The van der Waals surface area contributed by atoms with Crippen LogP contribution in [0.4, 0.5) is 0 Å². The zero-order chi connectivity index (χ0) is 20.7. The van der Waals surface area contributed by atoms with E-state index >= 15 is 0 Å². The van der Waals surface area contributed by atoms with Gasteiger partial charge in [-0.1, -0.05) is 24.3 Å². The van der Waals surface area contributed by atoms with E-state index in [1.165, 1.54) is 29.7 Å². The third kappa shape index (κ3) is 7.38. The van der Waals surface area contributed by atoms with Crippen LogP contribution < -0.4 is 16.0 Å². The minimum absolute atomic E-state index is 0.0574. The van der Waals surface area contributed by atoms with Gasteiger partial charge in [0.05, 0.1) is 18.1 Å². The smallest absolute Gasteiger partial charge is 0.328 e. The maximum absolute atomic E-state index is 12.3. The molecule has 3 rings (SSSR count). The van der Waals surface area contributed by atoms with Gasteiger partial charge in [-0.05, 0) is 49.3 Å². The molecule has 0 bridgehead atoms. The summed E-state index contributed by atoms with van der Waals surface area (Å²) in [7, 11) is -3.18. The molecule has 156 valence electrons. The molecule has 8 heteroatoms. The predicted octanol–water partition coefficient (Wildman–Crippen LogP) is 1.93. The molecule has 1 aliphatic carbocycles. The van der Waals surface area contributed by atoms with Crippen molar-refractivity contribution in [2.75, 3.05) is 18.1 Å². The highest BCUT2D eigenvalue weighted by Gasteiger charge is 2.21. The molecule has 29 heavy (non-hydrogen) atoms. The third-order valence-electron chi connectivity index (χ3n) is 4.74. The van der Waals surface area contributed by atoms with Crippen LogP contribution in [0.25, 0.3) is 0 Å². The summed E-state index contributed by atoms with van der Waals surface area (Å²) in [5.41, 5.74) is 0.0225. The number of rotatable bonds is 11. The molecular formula is C21H26N2O5S. The molecule has 0 aliphatic heterocycles. The number of aromatic nitrogens is 2. The van der Waals surface area contributed by atoms with Crippen molar-refractivity contribution in [1.29, 1.82) is 0 Å². The minimum Gasteiger partial charge on any atom is -0.493 e. The van der Waals surface area contributed by atoms with E-state index in [0.29, 0.717) is 18.8 Å². The van der Waals surface area contributed by atoms with Gasteiger partial charge in [0, 0.05) is 18.8 Å². The van der Waals surface area contributed by atoms with E-state index in [2.05, 4.69) is 4.98 Å². The maximum Gasteiger partial charge on any atom is 0.328 e. The Balaban J connectivity index is 1.42. The van der Waals surface area contributed by atoms with E-state index in [4.69, 9.17) is 4.74 Å². The second kappa shape index (κ2) is 9.73. The van der Waals surface area contributed by atoms with E-state index in [1.807, 2.05) is 24.3 Å². The van der Waals surface area contributed by atoms with Crippen molar-refractivity contribution in [3.63, 3.8) is 0 Å². The number of nitrogens with one attached hydrogen (secondary N) is 1. The molecule has 0 unspecified atom stereocenters. The fourth-order valence-electron chi connectivity index (χ4n) is 2.81. The fourth-order valence-corrected chi connectivity index (χ4v) is 4.05. The number of nitrogens with zero attached hydrogens (tertiary/aromatic N) is 1. The molecule has 1 fully saturated rings. The highest BCUT2D eigenvalue weighted by Crippen LogP contribution is 2.29. The number of sulfone groups is 1. The molecular weight excluding hydrogens is 392 g/mol. The Bertz CT molecular complexity index is 1060.